The fourth-order valence-corrected chi connectivity index (χ4v) is 2.99. The van der Waals surface area contributed by atoms with Crippen molar-refractivity contribution in [2.45, 2.75) is 5.33 Å². The molecule has 3 rings (SSSR count). The molecule has 0 bridgehead atoms. The third kappa shape index (κ3) is 1.21. The number of hydrogen-bond acceptors (Lipinski definition) is 2. The predicted octanol–water partition coefficient (Wildman–Crippen LogP) is 4.84. The Morgan fingerprint density at radius 1 is 1.00 bits per heavy atom. The van der Waals surface area contributed by atoms with Gasteiger partial charge in [0.2, 0.25) is 0 Å². The highest BCUT2D eigenvalue weighted by Crippen LogP contribution is 2.38. The summed E-state index contributed by atoms with van der Waals surface area (Å²) in [4.78, 5) is 0. The molecular formula is C11H6Br2O2. The maximum Gasteiger partial charge on any atom is 0.149 e. The third-order valence-corrected chi connectivity index (χ3v) is 3.85. The molecule has 15 heavy (non-hydrogen) atoms. The van der Waals surface area contributed by atoms with Gasteiger partial charge in [-0.15, -0.1) is 0 Å². The summed E-state index contributed by atoms with van der Waals surface area (Å²) in [5.74, 6) is 0. The second-order valence-electron chi connectivity index (χ2n) is 3.25. The van der Waals surface area contributed by atoms with Gasteiger partial charge in [-0.3, -0.25) is 0 Å². The van der Waals surface area contributed by atoms with Crippen LogP contribution in [0.15, 0.2) is 38.0 Å². The van der Waals surface area contributed by atoms with Crippen molar-refractivity contribution in [1.82, 2.24) is 0 Å². The van der Waals surface area contributed by atoms with Crippen molar-refractivity contribution in [3.8, 4) is 0 Å². The number of benzene rings is 1. The molecule has 0 aliphatic carbocycles. The van der Waals surface area contributed by atoms with E-state index in [-0.39, 0.29) is 0 Å². The van der Waals surface area contributed by atoms with E-state index in [2.05, 4.69) is 31.9 Å². The van der Waals surface area contributed by atoms with Crippen LogP contribution < -0.4 is 0 Å². The van der Waals surface area contributed by atoms with Crippen LogP contribution in [0, 0.1) is 0 Å². The first-order chi connectivity index (χ1) is 7.33. The molecule has 0 N–H and O–H groups in total. The van der Waals surface area contributed by atoms with E-state index in [9.17, 15) is 0 Å². The van der Waals surface area contributed by atoms with Crippen molar-refractivity contribution in [1.29, 1.82) is 0 Å². The van der Waals surface area contributed by atoms with E-state index in [1.807, 2.05) is 12.1 Å². The maximum absolute atomic E-state index is 5.50. The summed E-state index contributed by atoms with van der Waals surface area (Å²) in [7, 11) is 0. The highest BCUT2D eigenvalue weighted by atomic mass is 79.9. The first kappa shape index (κ1) is 9.48. The van der Waals surface area contributed by atoms with E-state index >= 15 is 0 Å². The summed E-state index contributed by atoms with van der Waals surface area (Å²) in [5.41, 5.74) is 2.91. The number of hydrogen-bond donors (Lipinski definition) is 0. The lowest BCUT2D eigenvalue weighted by atomic mass is 10.1. The van der Waals surface area contributed by atoms with Gasteiger partial charge in [-0.05, 0) is 28.1 Å². The minimum absolute atomic E-state index is 0.750. The van der Waals surface area contributed by atoms with Gasteiger partial charge < -0.3 is 8.83 Å². The number of fused-ring (bicyclic) bond motifs is 2. The minimum Gasteiger partial charge on any atom is -0.464 e. The zero-order valence-corrected chi connectivity index (χ0v) is 10.8. The minimum atomic E-state index is 0.750. The molecule has 0 fully saturated rings. The molecule has 0 aliphatic heterocycles. The van der Waals surface area contributed by atoms with Crippen molar-refractivity contribution in [2.24, 2.45) is 0 Å². The molecule has 2 heterocycles. The summed E-state index contributed by atoms with van der Waals surface area (Å²) in [6, 6.07) is 3.90. The van der Waals surface area contributed by atoms with Crippen LogP contribution >= 0.6 is 31.9 Å². The van der Waals surface area contributed by atoms with Gasteiger partial charge in [0, 0.05) is 21.7 Å². The largest absolute Gasteiger partial charge is 0.464 e. The second kappa shape index (κ2) is 3.39. The molecule has 0 aliphatic rings. The lowest BCUT2D eigenvalue weighted by Crippen LogP contribution is -1.82. The molecule has 4 heteroatoms. The number of rotatable bonds is 1. The first-order valence-electron chi connectivity index (χ1n) is 4.43. The second-order valence-corrected chi connectivity index (χ2v) is 4.61. The van der Waals surface area contributed by atoms with Crippen LogP contribution in [0.5, 0.6) is 0 Å². The maximum atomic E-state index is 5.50. The Morgan fingerprint density at radius 3 is 2.40 bits per heavy atom. The van der Waals surface area contributed by atoms with E-state index < -0.39 is 0 Å². The summed E-state index contributed by atoms with van der Waals surface area (Å²) in [6.07, 6.45) is 3.39. The van der Waals surface area contributed by atoms with E-state index in [0.717, 1.165) is 37.3 Å². The first-order valence-corrected chi connectivity index (χ1v) is 6.35. The molecule has 2 nitrogen and oxygen atoms in total. The Balaban J connectivity index is 2.64. The quantitative estimate of drug-likeness (QED) is 0.597. The molecule has 0 amide bonds. The Bertz CT molecular complexity index is 585. The van der Waals surface area contributed by atoms with E-state index in [0.29, 0.717) is 0 Å². The summed E-state index contributed by atoms with van der Waals surface area (Å²) < 4.78 is 11.9. The van der Waals surface area contributed by atoms with Crippen LogP contribution in [-0.4, -0.2) is 0 Å². The summed E-state index contributed by atoms with van der Waals surface area (Å²) >= 11 is 7.01. The molecule has 1 aromatic carbocycles. The molecule has 0 saturated heterocycles. The average Bonchev–Trinajstić information content (AvgIpc) is 2.85. The molecule has 0 radical (unpaired) electrons. The van der Waals surface area contributed by atoms with Crippen molar-refractivity contribution in [3.63, 3.8) is 0 Å². The van der Waals surface area contributed by atoms with Gasteiger partial charge in [0.25, 0.3) is 0 Å². The molecular weight excluding hydrogens is 324 g/mol. The number of halogens is 2. The van der Waals surface area contributed by atoms with E-state index in [1.165, 1.54) is 0 Å². The van der Waals surface area contributed by atoms with Crippen LogP contribution in [0.3, 0.4) is 0 Å². The van der Waals surface area contributed by atoms with Gasteiger partial charge >= 0.3 is 0 Å². The molecule has 2 aromatic heterocycles. The van der Waals surface area contributed by atoms with Gasteiger partial charge in [-0.25, -0.2) is 0 Å². The fraction of sp³-hybridized carbons (Fsp3) is 0.0909. The van der Waals surface area contributed by atoms with Crippen LogP contribution in [0.2, 0.25) is 0 Å². The van der Waals surface area contributed by atoms with Gasteiger partial charge in [0.05, 0.1) is 17.0 Å². The highest BCUT2D eigenvalue weighted by molar-refractivity contribution is 9.10. The third-order valence-electron chi connectivity index (χ3n) is 2.50. The SMILES string of the molecule is BrCc1c2ccoc2c(Br)c2ccoc12. The standard InChI is InChI=1S/C11H6Br2O2/c12-5-8-6-1-3-15-11(6)9(13)7-2-4-14-10(7)8/h1-4H,5H2. The Hall–Kier alpha value is -0.740. The van der Waals surface area contributed by atoms with Crippen molar-refractivity contribution in [2.75, 3.05) is 0 Å². The fourth-order valence-electron chi connectivity index (χ4n) is 1.81. The number of alkyl halides is 1. The topological polar surface area (TPSA) is 26.3 Å². The normalized spacial score (nSPS) is 11.6. The van der Waals surface area contributed by atoms with Crippen LogP contribution in [0.1, 0.15) is 5.56 Å². The van der Waals surface area contributed by atoms with E-state index in [1.54, 1.807) is 12.5 Å². The molecule has 0 unspecified atom stereocenters. The Labute approximate surface area is 102 Å². The van der Waals surface area contributed by atoms with Crippen molar-refractivity contribution >= 4 is 53.8 Å². The zero-order valence-electron chi connectivity index (χ0n) is 7.59. The molecule has 76 valence electrons. The smallest absolute Gasteiger partial charge is 0.149 e. The van der Waals surface area contributed by atoms with Crippen molar-refractivity contribution < 1.29 is 8.83 Å². The monoisotopic (exact) mass is 328 g/mol. The van der Waals surface area contributed by atoms with E-state index in [4.69, 9.17) is 8.83 Å². The molecule has 0 atom stereocenters. The number of furan rings is 2. The van der Waals surface area contributed by atoms with Gasteiger partial charge in [0.1, 0.15) is 11.2 Å². The lowest BCUT2D eigenvalue weighted by molar-refractivity contribution is 0.609. The predicted molar refractivity (Wildman–Crippen MR) is 66.3 cm³/mol. The molecule has 0 spiro atoms. The lowest BCUT2D eigenvalue weighted by Gasteiger charge is -2.02. The zero-order chi connectivity index (χ0) is 10.4. The van der Waals surface area contributed by atoms with Gasteiger partial charge in [0.15, 0.2) is 0 Å². The van der Waals surface area contributed by atoms with Gasteiger partial charge in [-0.1, -0.05) is 15.9 Å². The average molecular weight is 330 g/mol. The molecule has 0 saturated carbocycles. The summed E-state index contributed by atoms with van der Waals surface area (Å²) in [6.45, 7) is 0. The van der Waals surface area contributed by atoms with Crippen molar-refractivity contribution in [3.05, 3.63) is 34.7 Å². The molecule has 3 aromatic rings. The highest BCUT2D eigenvalue weighted by Gasteiger charge is 2.15. The Morgan fingerprint density at radius 2 is 1.67 bits per heavy atom. The van der Waals surface area contributed by atoms with Crippen LogP contribution in [0.4, 0.5) is 0 Å². The summed E-state index contributed by atoms with van der Waals surface area (Å²) in [5, 5.41) is 2.88. The van der Waals surface area contributed by atoms with Crippen LogP contribution in [0.25, 0.3) is 21.9 Å². The van der Waals surface area contributed by atoms with Crippen LogP contribution in [-0.2, 0) is 5.33 Å². The Kier molecular flexibility index (Phi) is 2.14. The van der Waals surface area contributed by atoms with Gasteiger partial charge in [-0.2, -0.15) is 0 Å².